The van der Waals surface area contributed by atoms with Crippen LogP contribution in [0.15, 0.2) is 54.2 Å². The van der Waals surface area contributed by atoms with Crippen molar-refractivity contribution in [3.63, 3.8) is 0 Å². The van der Waals surface area contributed by atoms with Crippen LogP contribution in [-0.2, 0) is 10.0 Å². The molecule has 0 aliphatic carbocycles. The van der Waals surface area contributed by atoms with E-state index in [1.807, 2.05) is 0 Å². The number of anilines is 1. The summed E-state index contributed by atoms with van der Waals surface area (Å²) in [5.74, 6) is 0.511. The van der Waals surface area contributed by atoms with Crippen molar-refractivity contribution < 1.29 is 8.42 Å². The number of aromatic nitrogens is 5. The Balaban J connectivity index is 1.89. The van der Waals surface area contributed by atoms with Crippen LogP contribution in [0.1, 0.15) is 0 Å². The Hall–Kier alpha value is -2.52. The van der Waals surface area contributed by atoms with Crippen molar-refractivity contribution in [2.75, 3.05) is 4.72 Å². The van der Waals surface area contributed by atoms with E-state index in [4.69, 9.17) is 11.6 Å². The molecule has 0 spiro atoms. The minimum atomic E-state index is -3.76. The third-order valence-electron chi connectivity index (χ3n) is 2.67. The van der Waals surface area contributed by atoms with Gasteiger partial charge in [0.05, 0.1) is 4.90 Å². The molecular formula is C12H9ClN6O2S. The molecule has 1 aromatic carbocycles. The molecule has 0 atom stereocenters. The van der Waals surface area contributed by atoms with E-state index in [1.165, 1.54) is 54.0 Å². The first-order valence-electron chi connectivity index (χ1n) is 6.00. The van der Waals surface area contributed by atoms with Gasteiger partial charge in [-0.25, -0.2) is 28.1 Å². The molecule has 8 nitrogen and oxygen atoms in total. The maximum Gasteiger partial charge on any atom is 0.263 e. The minimum Gasteiger partial charge on any atom is -0.263 e. The lowest BCUT2D eigenvalue weighted by atomic mass is 10.4. The standard InChI is InChI=1S/C12H9ClN6O2S/c13-9-1-3-10(4-2-9)22(20,21)18-11-5-12(16-7-15-11)19-8-14-6-17-19/h1-8H,(H,15,16,18). The first-order valence-corrected chi connectivity index (χ1v) is 7.86. The zero-order valence-corrected chi connectivity index (χ0v) is 12.5. The third kappa shape index (κ3) is 3.05. The number of sulfonamides is 1. The van der Waals surface area contributed by atoms with E-state index >= 15 is 0 Å². The smallest absolute Gasteiger partial charge is 0.263 e. The summed E-state index contributed by atoms with van der Waals surface area (Å²) in [5.41, 5.74) is 0. The third-order valence-corrected chi connectivity index (χ3v) is 4.29. The van der Waals surface area contributed by atoms with Crippen LogP contribution in [0.5, 0.6) is 0 Å². The van der Waals surface area contributed by atoms with Crippen molar-refractivity contribution in [1.82, 2.24) is 24.7 Å². The van der Waals surface area contributed by atoms with E-state index < -0.39 is 10.0 Å². The molecule has 22 heavy (non-hydrogen) atoms. The SMILES string of the molecule is O=S(=O)(Nc1cc(-n2cncn2)ncn1)c1ccc(Cl)cc1. The van der Waals surface area contributed by atoms with Gasteiger partial charge in [0.25, 0.3) is 10.0 Å². The Morgan fingerprint density at radius 1 is 1.09 bits per heavy atom. The highest BCUT2D eigenvalue weighted by molar-refractivity contribution is 7.92. The van der Waals surface area contributed by atoms with Crippen LogP contribution in [0.4, 0.5) is 5.82 Å². The zero-order valence-electron chi connectivity index (χ0n) is 11.0. The molecule has 2 aromatic heterocycles. The molecule has 0 fully saturated rings. The first kappa shape index (κ1) is 14.4. The van der Waals surface area contributed by atoms with Crippen LogP contribution in [0.2, 0.25) is 5.02 Å². The van der Waals surface area contributed by atoms with Crippen molar-refractivity contribution in [1.29, 1.82) is 0 Å². The van der Waals surface area contributed by atoms with Crippen molar-refractivity contribution in [2.24, 2.45) is 0 Å². The summed E-state index contributed by atoms with van der Waals surface area (Å²) >= 11 is 5.75. The van der Waals surface area contributed by atoms with Gasteiger partial charge in [-0.3, -0.25) is 4.72 Å². The van der Waals surface area contributed by atoms with Gasteiger partial charge in [0.1, 0.15) is 24.8 Å². The van der Waals surface area contributed by atoms with Gasteiger partial charge in [-0.15, -0.1) is 0 Å². The highest BCUT2D eigenvalue weighted by atomic mass is 35.5. The van der Waals surface area contributed by atoms with Gasteiger partial charge in [0.15, 0.2) is 5.82 Å². The summed E-state index contributed by atoms with van der Waals surface area (Å²) in [7, 11) is -3.76. The average molecular weight is 337 g/mol. The fourth-order valence-corrected chi connectivity index (χ4v) is 2.79. The average Bonchev–Trinajstić information content (AvgIpc) is 3.02. The largest absolute Gasteiger partial charge is 0.263 e. The summed E-state index contributed by atoms with van der Waals surface area (Å²) in [4.78, 5) is 11.8. The summed E-state index contributed by atoms with van der Waals surface area (Å²) in [6.07, 6.45) is 4.02. The molecule has 10 heteroatoms. The van der Waals surface area contributed by atoms with Gasteiger partial charge in [-0.05, 0) is 24.3 Å². The number of hydrogen-bond acceptors (Lipinski definition) is 6. The van der Waals surface area contributed by atoms with Crippen molar-refractivity contribution in [3.8, 4) is 5.82 Å². The van der Waals surface area contributed by atoms with Crippen LogP contribution in [0, 0.1) is 0 Å². The second kappa shape index (κ2) is 5.70. The van der Waals surface area contributed by atoms with Crippen molar-refractivity contribution in [2.45, 2.75) is 4.90 Å². The summed E-state index contributed by atoms with van der Waals surface area (Å²) in [5, 5.41) is 4.37. The lowest BCUT2D eigenvalue weighted by Gasteiger charge is -2.08. The summed E-state index contributed by atoms with van der Waals surface area (Å²) < 4.78 is 28.3. The monoisotopic (exact) mass is 336 g/mol. The van der Waals surface area contributed by atoms with Gasteiger partial charge in [-0.2, -0.15) is 5.10 Å². The van der Waals surface area contributed by atoms with E-state index in [-0.39, 0.29) is 10.7 Å². The molecule has 0 aliphatic heterocycles. The second-order valence-corrected chi connectivity index (χ2v) is 6.28. The normalized spacial score (nSPS) is 11.3. The number of halogens is 1. The maximum absolute atomic E-state index is 12.3. The van der Waals surface area contributed by atoms with Crippen LogP contribution < -0.4 is 4.72 Å². The molecule has 3 aromatic rings. The number of benzene rings is 1. The molecule has 3 rings (SSSR count). The molecule has 0 aliphatic rings. The van der Waals surface area contributed by atoms with Crippen molar-refractivity contribution >= 4 is 27.4 Å². The molecule has 0 bridgehead atoms. The molecule has 0 amide bonds. The van der Waals surface area contributed by atoms with Crippen molar-refractivity contribution in [3.05, 3.63) is 54.3 Å². The Morgan fingerprint density at radius 3 is 2.55 bits per heavy atom. The molecule has 0 unspecified atom stereocenters. The predicted octanol–water partition coefficient (Wildman–Crippen LogP) is 1.51. The zero-order chi connectivity index (χ0) is 15.6. The Kier molecular flexibility index (Phi) is 3.73. The Bertz CT molecular complexity index is 880. The molecule has 0 saturated heterocycles. The van der Waals surface area contributed by atoms with Crippen LogP contribution in [-0.4, -0.2) is 33.2 Å². The summed E-state index contributed by atoms with van der Waals surface area (Å²) in [6, 6.07) is 7.25. The first-order chi connectivity index (χ1) is 10.5. The van der Waals surface area contributed by atoms with Gasteiger partial charge in [-0.1, -0.05) is 11.6 Å². The van der Waals surface area contributed by atoms with E-state index in [0.717, 1.165) is 0 Å². The topological polar surface area (TPSA) is 103 Å². The number of nitrogens with zero attached hydrogens (tertiary/aromatic N) is 5. The van der Waals surface area contributed by atoms with E-state index in [0.29, 0.717) is 10.8 Å². The van der Waals surface area contributed by atoms with E-state index in [9.17, 15) is 8.42 Å². The van der Waals surface area contributed by atoms with Crippen LogP contribution >= 0.6 is 11.6 Å². The lowest BCUT2D eigenvalue weighted by Crippen LogP contribution is -2.14. The second-order valence-electron chi connectivity index (χ2n) is 4.16. The highest BCUT2D eigenvalue weighted by Gasteiger charge is 2.15. The minimum absolute atomic E-state index is 0.0813. The Labute approximate surface area is 130 Å². The maximum atomic E-state index is 12.3. The van der Waals surface area contributed by atoms with Gasteiger partial charge in [0, 0.05) is 11.1 Å². The number of nitrogens with one attached hydrogen (secondary N) is 1. The van der Waals surface area contributed by atoms with Crippen LogP contribution in [0.3, 0.4) is 0 Å². The van der Waals surface area contributed by atoms with Gasteiger partial charge in [0.2, 0.25) is 0 Å². The van der Waals surface area contributed by atoms with Gasteiger partial charge >= 0.3 is 0 Å². The quantitative estimate of drug-likeness (QED) is 0.774. The number of rotatable bonds is 4. The van der Waals surface area contributed by atoms with E-state index in [1.54, 1.807) is 0 Å². The molecule has 0 saturated carbocycles. The van der Waals surface area contributed by atoms with Gasteiger partial charge < -0.3 is 0 Å². The molecule has 112 valence electrons. The number of hydrogen-bond donors (Lipinski definition) is 1. The predicted molar refractivity (Wildman–Crippen MR) is 79.2 cm³/mol. The Morgan fingerprint density at radius 2 is 1.86 bits per heavy atom. The fraction of sp³-hybridized carbons (Fsp3) is 0. The molecule has 2 heterocycles. The molecule has 1 N–H and O–H groups in total. The highest BCUT2D eigenvalue weighted by Crippen LogP contribution is 2.17. The molecule has 0 radical (unpaired) electrons. The van der Waals surface area contributed by atoms with E-state index in [2.05, 4.69) is 24.8 Å². The fourth-order valence-electron chi connectivity index (χ4n) is 1.67. The molecular weight excluding hydrogens is 328 g/mol. The lowest BCUT2D eigenvalue weighted by molar-refractivity contribution is 0.601. The van der Waals surface area contributed by atoms with Crippen LogP contribution in [0.25, 0.3) is 5.82 Å². The summed E-state index contributed by atoms with van der Waals surface area (Å²) in [6.45, 7) is 0.